The second kappa shape index (κ2) is 5.22. The lowest BCUT2D eigenvalue weighted by atomic mass is 10.4. The van der Waals surface area contributed by atoms with Crippen LogP contribution in [0.3, 0.4) is 0 Å². The third-order valence-electron chi connectivity index (χ3n) is 1.16. The van der Waals surface area contributed by atoms with Crippen molar-refractivity contribution in [3.05, 3.63) is 36.3 Å². The molecule has 0 aliphatic heterocycles. The predicted octanol–water partition coefficient (Wildman–Crippen LogP) is 2.93. The van der Waals surface area contributed by atoms with E-state index in [0.717, 1.165) is 6.61 Å². The van der Waals surface area contributed by atoms with Gasteiger partial charge in [-0.15, -0.1) is 0 Å². The van der Waals surface area contributed by atoms with Crippen molar-refractivity contribution in [1.29, 1.82) is 0 Å². The van der Waals surface area contributed by atoms with Crippen LogP contribution in [-0.4, -0.2) is 6.61 Å². The summed E-state index contributed by atoms with van der Waals surface area (Å²) in [4.78, 5) is 1.21. The molecule has 59 valence electrons. The summed E-state index contributed by atoms with van der Waals surface area (Å²) in [5.74, 6) is 1.76. The Balaban J connectivity index is 2.28. The molecule has 0 atom stereocenters. The van der Waals surface area contributed by atoms with Crippen molar-refractivity contribution in [3.63, 3.8) is 0 Å². The predicted molar refractivity (Wildman–Crippen MR) is 48.2 cm³/mol. The zero-order valence-electron chi connectivity index (χ0n) is 6.49. The van der Waals surface area contributed by atoms with Gasteiger partial charge >= 0.3 is 0 Å². The van der Waals surface area contributed by atoms with E-state index in [9.17, 15) is 0 Å². The SMILES string of the molecule is CCO[CH]Sc1ccccc1. The van der Waals surface area contributed by atoms with E-state index in [1.807, 2.05) is 25.1 Å². The van der Waals surface area contributed by atoms with Crippen LogP contribution in [0.1, 0.15) is 6.92 Å². The third kappa shape index (κ3) is 3.44. The minimum atomic E-state index is 0.736. The molecule has 0 N–H and O–H groups in total. The minimum Gasteiger partial charge on any atom is -0.364 e. The molecule has 0 saturated heterocycles. The first-order valence-corrected chi connectivity index (χ1v) is 4.46. The van der Waals surface area contributed by atoms with Gasteiger partial charge in [-0.25, -0.2) is 0 Å². The maximum Gasteiger partial charge on any atom is 0.143 e. The number of thioether (sulfide) groups is 1. The highest BCUT2D eigenvalue weighted by Gasteiger charge is 1.90. The Kier molecular flexibility index (Phi) is 4.09. The fourth-order valence-electron chi connectivity index (χ4n) is 0.657. The van der Waals surface area contributed by atoms with E-state index in [4.69, 9.17) is 4.74 Å². The van der Waals surface area contributed by atoms with Crippen molar-refractivity contribution >= 4 is 11.8 Å². The lowest BCUT2D eigenvalue weighted by Gasteiger charge is -1.98. The van der Waals surface area contributed by atoms with Crippen molar-refractivity contribution < 1.29 is 4.74 Å². The Labute approximate surface area is 71.8 Å². The van der Waals surface area contributed by atoms with Crippen LogP contribution in [-0.2, 0) is 4.74 Å². The Morgan fingerprint density at radius 2 is 2.09 bits per heavy atom. The van der Waals surface area contributed by atoms with Crippen LogP contribution in [0, 0.1) is 5.94 Å². The largest absolute Gasteiger partial charge is 0.364 e. The van der Waals surface area contributed by atoms with E-state index < -0.39 is 0 Å². The average Bonchev–Trinajstić information content (AvgIpc) is 2.07. The summed E-state index contributed by atoms with van der Waals surface area (Å²) in [6.45, 7) is 2.71. The second-order valence-electron chi connectivity index (χ2n) is 1.98. The average molecular weight is 167 g/mol. The molecule has 1 aromatic carbocycles. The second-order valence-corrected chi connectivity index (χ2v) is 2.88. The summed E-state index contributed by atoms with van der Waals surface area (Å²) in [7, 11) is 0. The Bertz CT molecular complexity index is 186. The summed E-state index contributed by atoms with van der Waals surface area (Å²) >= 11 is 1.60. The normalized spacial score (nSPS) is 9.91. The van der Waals surface area contributed by atoms with Crippen molar-refractivity contribution in [2.75, 3.05) is 6.61 Å². The van der Waals surface area contributed by atoms with Gasteiger partial charge in [-0.05, 0) is 19.1 Å². The number of benzene rings is 1. The van der Waals surface area contributed by atoms with Crippen LogP contribution in [0.4, 0.5) is 0 Å². The Morgan fingerprint density at radius 1 is 1.36 bits per heavy atom. The van der Waals surface area contributed by atoms with Gasteiger partial charge in [0.15, 0.2) is 0 Å². The minimum absolute atomic E-state index is 0.736. The van der Waals surface area contributed by atoms with Gasteiger partial charge in [0.2, 0.25) is 0 Å². The van der Waals surface area contributed by atoms with E-state index in [0.29, 0.717) is 0 Å². The molecule has 0 heterocycles. The van der Waals surface area contributed by atoms with E-state index in [1.165, 1.54) is 4.90 Å². The Hall–Kier alpha value is -0.470. The lowest BCUT2D eigenvalue weighted by molar-refractivity contribution is 0.249. The molecule has 0 saturated carbocycles. The van der Waals surface area contributed by atoms with Gasteiger partial charge in [-0.1, -0.05) is 30.0 Å². The molecule has 0 spiro atoms. The van der Waals surface area contributed by atoms with Crippen LogP contribution in [0.5, 0.6) is 0 Å². The third-order valence-corrected chi connectivity index (χ3v) is 1.94. The molecule has 1 radical (unpaired) electrons. The molecule has 1 nitrogen and oxygen atoms in total. The maximum atomic E-state index is 5.08. The number of hydrogen-bond donors (Lipinski definition) is 0. The molecule has 0 aliphatic carbocycles. The highest BCUT2D eigenvalue weighted by molar-refractivity contribution is 8.01. The zero-order chi connectivity index (χ0) is 7.94. The van der Waals surface area contributed by atoms with Crippen molar-refractivity contribution in [1.82, 2.24) is 0 Å². The standard InChI is InChI=1S/C9H11OS/c1-2-10-8-11-9-6-4-3-5-7-9/h3-8H,2H2,1H3. The van der Waals surface area contributed by atoms with E-state index in [2.05, 4.69) is 12.1 Å². The zero-order valence-corrected chi connectivity index (χ0v) is 7.30. The molecule has 0 aromatic heterocycles. The summed E-state index contributed by atoms with van der Waals surface area (Å²) in [5.41, 5.74) is 0. The smallest absolute Gasteiger partial charge is 0.143 e. The molecule has 0 bridgehead atoms. The van der Waals surface area contributed by atoms with Gasteiger partial charge in [0.25, 0.3) is 0 Å². The van der Waals surface area contributed by atoms with Gasteiger partial charge in [-0.3, -0.25) is 0 Å². The number of hydrogen-bond acceptors (Lipinski definition) is 2. The maximum absolute atomic E-state index is 5.08. The van der Waals surface area contributed by atoms with Crippen LogP contribution in [0.2, 0.25) is 0 Å². The number of rotatable bonds is 4. The van der Waals surface area contributed by atoms with Crippen LogP contribution in [0.15, 0.2) is 35.2 Å². The van der Waals surface area contributed by atoms with Crippen molar-refractivity contribution in [2.24, 2.45) is 0 Å². The lowest BCUT2D eigenvalue weighted by Crippen LogP contribution is -1.80. The molecule has 0 aliphatic rings. The van der Waals surface area contributed by atoms with Gasteiger partial charge in [0, 0.05) is 11.5 Å². The van der Waals surface area contributed by atoms with Gasteiger partial charge < -0.3 is 4.74 Å². The molecular formula is C9H11OS. The molecule has 1 rings (SSSR count). The van der Waals surface area contributed by atoms with Crippen LogP contribution >= 0.6 is 11.8 Å². The van der Waals surface area contributed by atoms with Gasteiger partial charge in [-0.2, -0.15) is 0 Å². The quantitative estimate of drug-likeness (QED) is 0.503. The van der Waals surface area contributed by atoms with Crippen molar-refractivity contribution in [2.45, 2.75) is 11.8 Å². The van der Waals surface area contributed by atoms with Gasteiger partial charge in [0.1, 0.15) is 5.94 Å². The first-order valence-electron chi connectivity index (χ1n) is 3.58. The first kappa shape index (κ1) is 8.62. The van der Waals surface area contributed by atoms with Gasteiger partial charge in [0.05, 0.1) is 0 Å². The van der Waals surface area contributed by atoms with Crippen molar-refractivity contribution in [3.8, 4) is 0 Å². The summed E-state index contributed by atoms with van der Waals surface area (Å²) in [5, 5.41) is 0. The topological polar surface area (TPSA) is 9.23 Å². The summed E-state index contributed by atoms with van der Waals surface area (Å²) in [6.07, 6.45) is 0. The van der Waals surface area contributed by atoms with Crippen LogP contribution in [0.25, 0.3) is 0 Å². The molecule has 0 amide bonds. The first-order chi connectivity index (χ1) is 5.43. The molecular weight excluding hydrogens is 156 g/mol. The molecule has 1 aromatic rings. The molecule has 0 unspecified atom stereocenters. The fraction of sp³-hybridized carbons (Fsp3) is 0.222. The summed E-state index contributed by atoms with van der Waals surface area (Å²) < 4.78 is 5.08. The van der Waals surface area contributed by atoms with E-state index in [-0.39, 0.29) is 0 Å². The van der Waals surface area contributed by atoms with E-state index >= 15 is 0 Å². The molecule has 2 heteroatoms. The highest BCUT2D eigenvalue weighted by atomic mass is 32.2. The fourth-order valence-corrected chi connectivity index (χ4v) is 1.29. The monoisotopic (exact) mass is 167 g/mol. The molecule has 0 fully saturated rings. The Morgan fingerprint density at radius 3 is 2.73 bits per heavy atom. The summed E-state index contributed by atoms with van der Waals surface area (Å²) in [6, 6.07) is 10.1. The number of ether oxygens (including phenoxy) is 1. The van der Waals surface area contributed by atoms with Crippen LogP contribution < -0.4 is 0 Å². The van der Waals surface area contributed by atoms with E-state index in [1.54, 1.807) is 17.7 Å². The highest BCUT2D eigenvalue weighted by Crippen LogP contribution is 2.19. The molecule has 11 heavy (non-hydrogen) atoms.